The van der Waals surface area contributed by atoms with Crippen LogP contribution in [0.5, 0.6) is 11.5 Å². The Morgan fingerprint density at radius 1 is 1.33 bits per heavy atom. The van der Waals surface area contributed by atoms with Crippen LogP contribution in [0.1, 0.15) is 11.1 Å². The number of amides is 1. The van der Waals surface area contributed by atoms with Crippen LogP contribution in [0.4, 0.5) is 5.69 Å². The molecule has 0 saturated heterocycles. The van der Waals surface area contributed by atoms with Gasteiger partial charge in [-0.1, -0.05) is 0 Å². The molecule has 0 aromatic heterocycles. The number of carbonyl (C=O) groups excluding carboxylic acids is 1. The monoisotopic (exact) mass is 439 g/mol. The number of carbonyl (C=O) groups is 1. The number of phenolic OH excluding ortho intramolecular Hbond substituents is 1. The van der Waals surface area contributed by atoms with Gasteiger partial charge in [0.1, 0.15) is 11.5 Å². The second-order valence-corrected chi connectivity index (χ2v) is 6.28. The molecule has 2 aromatic rings. The molecule has 3 N–H and O–H groups in total. The fourth-order valence-electron chi connectivity index (χ4n) is 1.98. The van der Waals surface area contributed by atoms with Gasteiger partial charge in [-0.3, -0.25) is 4.79 Å². The van der Waals surface area contributed by atoms with Crippen LogP contribution in [0, 0.1) is 10.5 Å². The summed E-state index contributed by atoms with van der Waals surface area (Å²) < 4.78 is 6.22. The van der Waals surface area contributed by atoms with Gasteiger partial charge in [0.25, 0.3) is 5.91 Å². The number of aromatic hydroxyl groups is 1. The third kappa shape index (κ3) is 5.12. The molecule has 0 saturated carbocycles. The SMILES string of the molecule is COc1ccc(O)c(C=NNC(=O)CNc2ccc(I)cc2C)c1. The maximum absolute atomic E-state index is 11.8. The van der Waals surface area contributed by atoms with Gasteiger partial charge in [-0.2, -0.15) is 5.10 Å². The number of benzene rings is 2. The highest BCUT2D eigenvalue weighted by molar-refractivity contribution is 14.1. The molecule has 0 unspecified atom stereocenters. The Balaban J connectivity index is 1.89. The Morgan fingerprint density at radius 2 is 2.12 bits per heavy atom. The number of ether oxygens (including phenoxy) is 1. The molecule has 0 spiro atoms. The Hall–Kier alpha value is -2.29. The van der Waals surface area contributed by atoms with Crippen molar-refractivity contribution >= 4 is 40.4 Å². The molecule has 1 amide bonds. The van der Waals surface area contributed by atoms with Crippen molar-refractivity contribution in [3.05, 3.63) is 51.1 Å². The summed E-state index contributed by atoms with van der Waals surface area (Å²) in [6, 6.07) is 10.7. The van der Waals surface area contributed by atoms with E-state index in [4.69, 9.17) is 4.74 Å². The quantitative estimate of drug-likeness (QED) is 0.367. The molecule has 126 valence electrons. The molecule has 2 aromatic carbocycles. The van der Waals surface area contributed by atoms with Gasteiger partial charge in [-0.05, 0) is 71.5 Å². The van der Waals surface area contributed by atoms with Gasteiger partial charge in [0.05, 0.1) is 19.9 Å². The molecule has 0 heterocycles. The van der Waals surface area contributed by atoms with Crippen molar-refractivity contribution in [2.75, 3.05) is 19.0 Å². The minimum Gasteiger partial charge on any atom is -0.507 e. The zero-order chi connectivity index (χ0) is 17.5. The second-order valence-electron chi connectivity index (χ2n) is 5.03. The number of anilines is 1. The Morgan fingerprint density at radius 3 is 2.83 bits per heavy atom. The normalized spacial score (nSPS) is 10.6. The van der Waals surface area contributed by atoms with Crippen LogP contribution >= 0.6 is 22.6 Å². The highest BCUT2D eigenvalue weighted by atomic mass is 127. The number of aryl methyl sites for hydroxylation is 1. The highest BCUT2D eigenvalue weighted by Gasteiger charge is 2.03. The average molecular weight is 439 g/mol. The van der Waals surface area contributed by atoms with Gasteiger partial charge < -0.3 is 15.2 Å². The summed E-state index contributed by atoms with van der Waals surface area (Å²) in [4.78, 5) is 11.8. The van der Waals surface area contributed by atoms with Crippen molar-refractivity contribution in [3.8, 4) is 11.5 Å². The first-order valence-electron chi connectivity index (χ1n) is 7.18. The van der Waals surface area contributed by atoms with Crippen molar-refractivity contribution in [2.24, 2.45) is 5.10 Å². The summed E-state index contributed by atoms with van der Waals surface area (Å²) in [6.07, 6.45) is 1.37. The van der Waals surface area contributed by atoms with Crippen LogP contribution in [-0.2, 0) is 4.79 Å². The van der Waals surface area contributed by atoms with E-state index in [-0.39, 0.29) is 18.2 Å². The van der Waals surface area contributed by atoms with E-state index in [0.29, 0.717) is 11.3 Å². The summed E-state index contributed by atoms with van der Waals surface area (Å²) in [6.45, 7) is 2.08. The number of methoxy groups -OCH3 is 1. The van der Waals surface area contributed by atoms with Crippen LogP contribution in [0.2, 0.25) is 0 Å². The predicted octanol–water partition coefficient (Wildman–Crippen LogP) is 2.88. The van der Waals surface area contributed by atoms with Crippen molar-refractivity contribution in [1.29, 1.82) is 0 Å². The lowest BCUT2D eigenvalue weighted by Crippen LogP contribution is -2.26. The summed E-state index contributed by atoms with van der Waals surface area (Å²) in [5.74, 6) is 0.365. The molecular formula is C17H18IN3O3. The van der Waals surface area contributed by atoms with E-state index in [1.165, 1.54) is 19.4 Å². The summed E-state index contributed by atoms with van der Waals surface area (Å²) in [5, 5.41) is 16.6. The minimum atomic E-state index is -0.286. The van der Waals surface area contributed by atoms with Crippen LogP contribution < -0.4 is 15.5 Å². The molecule has 24 heavy (non-hydrogen) atoms. The van der Waals surface area contributed by atoms with Crippen molar-refractivity contribution in [3.63, 3.8) is 0 Å². The van der Waals surface area contributed by atoms with Crippen molar-refractivity contribution in [1.82, 2.24) is 5.43 Å². The number of halogens is 1. The molecular weight excluding hydrogens is 421 g/mol. The maximum Gasteiger partial charge on any atom is 0.259 e. The van der Waals surface area contributed by atoms with Crippen LogP contribution in [0.15, 0.2) is 41.5 Å². The first kappa shape index (κ1) is 18.1. The van der Waals surface area contributed by atoms with E-state index in [9.17, 15) is 9.90 Å². The zero-order valence-corrected chi connectivity index (χ0v) is 15.5. The number of rotatable bonds is 6. The van der Waals surface area contributed by atoms with E-state index in [1.54, 1.807) is 12.1 Å². The van der Waals surface area contributed by atoms with Gasteiger partial charge in [0, 0.05) is 14.8 Å². The largest absolute Gasteiger partial charge is 0.507 e. The molecule has 0 aliphatic rings. The highest BCUT2D eigenvalue weighted by Crippen LogP contribution is 2.21. The van der Waals surface area contributed by atoms with Crippen LogP contribution in [-0.4, -0.2) is 30.9 Å². The fourth-order valence-corrected chi connectivity index (χ4v) is 2.62. The fraction of sp³-hybridized carbons (Fsp3) is 0.176. The molecule has 0 bridgehead atoms. The van der Waals surface area contributed by atoms with E-state index < -0.39 is 0 Å². The van der Waals surface area contributed by atoms with Gasteiger partial charge >= 0.3 is 0 Å². The molecule has 0 atom stereocenters. The lowest BCUT2D eigenvalue weighted by atomic mass is 10.2. The lowest BCUT2D eigenvalue weighted by Gasteiger charge is -2.08. The molecule has 0 radical (unpaired) electrons. The van der Waals surface area contributed by atoms with Gasteiger partial charge in [0.2, 0.25) is 0 Å². The number of nitrogens with one attached hydrogen (secondary N) is 2. The first-order valence-corrected chi connectivity index (χ1v) is 8.26. The van der Waals surface area contributed by atoms with E-state index in [2.05, 4.69) is 38.4 Å². The van der Waals surface area contributed by atoms with Gasteiger partial charge in [-0.25, -0.2) is 5.43 Å². The first-order chi connectivity index (χ1) is 11.5. The van der Waals surface area contributed by atoms with E-state index in [1.807, 2.05) is 25.1 Å². The number of phenols is 1. The second kappa shape index (κ2) is 8.53. The Kier molecular flexibility index (Phi) is 6.42. The number of hydrazone groups is 1. The summed E-state index contributed by atoms with van der Waals surface area (Å²) >= 11 is 2.24. The molecule has 0 aliphatic carbocycles. The lowest BCUT2D eigenvalue weighted by molar-refractivity contribution is -0.119. The predicted molar refractivity (Wildman–Crippen MR) is 103 cm³/mol. The number of nitrogens with zero attached hydrogens (tertiary/aromatic N) is 1. The van der Waals surface area contributed by atoms with Crippen LogP contribution in [0.3, 0.4) is 0 Å². The summed E-state index contributed by atoms with van der Waals surface area (Å²) in [5.41, 5.74) is 4.84. The molecule has 6 nitrogen and oxygen atoms in total. The number of hydrogen-bond acceptors (Lipinski definition) is 5. The number of hydrogen-bond donors (Lipinski definition) is 3. The van der Waals surface area contributed by atoms with Gasteiger partial charge in [0.15, 0.2) is 0 Å². The molecule has 0 aliphatic heterocycles. The van der Waals surface area contributed by atoms with E-state index in [0.717, 1.165) is 14.8 Å². The van der Waals surface area contributed by atoms with E-state index >= 15 is 0 Å². The standard InChI is InChI=1S/C17H18IN3O3/c1-11-7-13(18)3-5-15(11)19-10-17(23)21-20-9-12-8-14(24-2)4-6-16(12)22/h3-9,19,22H,10H2,1-2H3,(H,21,23). The minimum absolute atomic E-state index is 0.0569. The molecule has 2 rings (SSSR count). The Bertz CT molecular complexity index is 763. The average Bonchev–Trinajstić information content (AvgIpc) is 2.55. The summed E-state index contributed by atoms with van der Waals surface area (Å²) in [7, 11) is 1.54. The van der Waals surface area contributed by atoms with Crippen molar-refractivity contribution < 1.29 is 14.6 Å². The maximum atomic E-state index is 11.8. The van der Waals surface area contributed by atoms with Crippen LogP contribution in [0.25, 0.3) is 0 Å². The topological polar surface area (TPSA) is 83.0 Å². The smallest absolute Gasteiger partial charge is 0.259 e. The molecule has 7 heteroatoms. The van der Waals surface area contributed by atoms with Crippen molar-refractivity contribution in [2.45, 2.75) is 6.92 Å². The van der Waals surface area contributed by atoms with Gasteiger partial charge in [-0.15, -0.1) is 0 Å². The Labute approximate surface area is 154 Å². The third-order valence-corrected chi connectivity index (χ3v) is 3.93. The molecule has 0 fully saturated rings. The zero-order valence-electron chi connectivity index (χ0n) is 13.3. The third-order valence-electron chi connectivity index (χ3n) is 3.26.